The third kappa shape index (κ3) is 9.61. The molecule has 0 aromatic rings. The smallest absolute Gasteiger partial charge is 1.00 e. The van der Waals surface area contributed by atoms with Gasteiger partial charge in [0.2, 0.25) is 0 Å². The van der Waals surface area contributed by atoms with Gasteiger partial charge in [0, 0.05) is 0 Å². The number of rotatable bonds is 0. The molecule has 0 bridgehead atoms. The average Bonchev–Trinajstić information content (AvgIpc) is 1.00. The zero-order valence-corrected chi connectivity index (χ0v) is 5.76. The quantitative estimate of drug-likeness (QED) is 0.235. The van der Waals surface area contributed by atoms with E-state index in [9.17, 15) is 0 Å². The molecule has 0 amide bonds. The Labute approximate surface area is 63.4 Å². The van der Waals surface area contributed by atoms with Crippen LogP contribution in [0.1, 0.15) is 6.92 Å². The third-order valence-electron chi connectivity index (χ3n) is 0. The van der Waals surface area contributed by atoms with Crippen molar-refractivity contribution in [1.82, 2.24) is 0 Å². The van der Waals surface area contributed by atoms with E-state index in [4.69, 9.17) is 0 Å². The van der Waals surface area contributed by atoms with Crippen LogP contribution in [0.25, 0.3) is 0 Å². The summed E-state index contributed by atoms with van der Waals surface area (Å²) in [5.41, 5.74) is 0. The SMILES string of the molecule is [CH2-]C.[Ca+2].[Cl-]. The van der Waals surface area contributed by atoms with E-state index in [1.54, 1.807) is 6.92 Å². The summed E-state index contributed by atoms with van der Waals surface area (Å²) in [6.45, 7) is 5.00. The first-order valence-electron chi connectivity index (χ1n) is 0.707. The molecule has 0 aliphatic carbocycles. The number of halogens is 1. The monoisotopic (exact) mass is 104 g/mol. The predicted octanol–water partition coefficient (Wildman–Crippen LogP) is -2.54. The van der Waals surface area contributed by atoms with E-state index < -0.39 is 0 Å². The maximum Gasteiger partial charge on any atom is 2.00 e. The molecule has 0 heterocycles. The van der Waals surface area contributed by atoms with E-state index in [0.29, 0.717) is 0 Å². The number of hydrogen-bond donors (Lipinski definition) is 0. The molecular formula is C2H5CaCl. The molecule has 0 fully saturated rings. The van der Waals surface area contributed by atoms with Crippen molar-refractivity contribution in [3.63, 3.8) is 0 Å². The molecule has 4 heavy (non-hydrogen) atoms. The minimum Gasteiger partial charge on any atom is -1.00 e. The van der Waals surface area contributed by atoms with Crippen LogP contribution in [0.2, 0.25) is 0 Å². The van der Waals surface area contributed by atoms with Crippen LogP contribution >= 0.6 is 0 Å². The summed E-state index contributed by atoms with van der Waals surface area (Å²) in [5, 5.41) is 0. The summed E-state index contributed by atoms with van der Waals surface area (Å²) in [6, 6.07) is 0. The molecule has 0 N–H and O–H groups in total. The summed E-state index contributed by atoms with van der Waals surface area (Å²) in [5.74, 6) is 0. The fourth-order valence-corrected chi connectivity index (χ4v) is 0. The molecule has 0 nitrogen and oxygen atoms in total. The topological polar surface area (TPSA) is 0 Å². The van der Waals surface area contributed by atoms with Crippen LogP contribution in [0.5, 0.6) is 0 Å². The Bertz CT molecular complexity index is 6.00. The summed E-state index contributed by atoms with van der Waals surface area (Å²) in [6.07, 6.45) is 0. The van der Waals surface area contributed by atoms with Gasteiger partial charge in [-0.2, -0.15) is 6.92 Å². The van der Waals surface area contributed by atoms with E-state index in [-0.39, 0.29) is 50.1 Å². The average molecular weight is 105 g/mol. The Balaban J connectivity index is -0.00000000500. The van der Waals surface area contributed by atoms with Crippen molar-refractivity contribution < 1.29 is 12.4 Å². The van der Waals surface area contributed by atoms with Gasteiger partial charge in [-0.1, -0.05) is 0 Å². The second-order valence-corrected chi connectivity index (χ2v) is 0. The first-order valence-corrected chi connectivity index (χ1v) is 0.707. The van der Waals surface area contributed by atoms with Crippen molar-refractivity contribution in [3.8, 4) is 0 Å². The van der Waals surface area contributed by atoms with Crippen molar-refractivity contribution in [2.45, 2.75) is 6.92 Å². The Kier molecular flexibility index (Phi) is 105. The van der Waals surface area contributed by atoms with Crippen molar-refractivity contribution in [2.75, 3.05) is 0 Å². The molecule has 0 aromatic heterocycles. The van der Waals surface area contributed by atoms with Gasteiger partial charge in [-0.3, -0.25) is 0 Å². The molecule has 2 heteroatoms. The predicted molar refractivity (Wildman–Crippen MR) is 16.8 cm³/mol. The molecule has 0 saturated carbocycles. The van der Waals surface area contributed by atoms with Gasteiger partial charge in [0.05, 0.1) is 0 Å². The van der Waals surface area contributed by atoms with Crippen LogP contribution in [-0.2, 0) is 0 Å². The Morgan fingerprint density at radius 1 is 1.25 bits per heavy atom. The maximum atomic E-state index is 3.25. The Hall–Kier alpha value is 1.55. The fourth-order valence-electron chi connectivity index (χ4n) is 0. The second-order valence-electron chi connectivity index (χ2n) is 0. The van der Waals surface area contributed by atoms with Crippen molar-refractivity contribution in [3.05, 3.63) is 6.92 Å². The standard InChI is InChI=1S/C2H5.Ca.ClH/c1-2;;/h1H2,2H3;;1H/q-1;+2;/p-1. The first-order chi connectivity index (χ1) is 1.00. The molecule has 0 aromatic carbocycles. The fraction of sp³-hybridized carbons (Fsp3) is 0.500. The van der Waals surface area contributed by atoms with E-state index in [2.05, 4.69) is 6.92 Å². The first kappa shape index (κ1) is 17.7. The van der Waals surface area contributed by atoms with Gasteiger partial charge in [0.1, 0.15) is 0 Å². The van der Waals surface area contributed by atoms with Crippen molar-refractivity contribution >= 4 is 37.7 Å². The summed E-state index contributed by atoms with van der Waals surface area (Å²) >= 11 is 0. The third-order valence-corrected chi connectivity index (χ3v) is 0. The van der Waals surface area contributed by atoms with E-state index in [0.717, 1.165) is 0 Å². The Morgan fingerprint density at radius 3 is 1.25 bits per heavy atom. The zero-order chi connectivity index (χ0) is 2.00. The van der Waals surface area contributed by atoms with Crippen LogP contribution in [0.15, 0.2) is 0 Å². The van der Waals surface area contributed by atoms with E-state index in [1.165, 1.54) is 0 Å². The van der Waals surface area contributed by atoms with Gasteiger partial charge in [-0.15, -0.1) is 0 Å². The minimum atomic E-state index is 0. The maximum absolute atomic E-state index is 3.25. The molecule has 0 rings (SSSR count). The van der Waals surface area contributed by atoms with Crippen LogP contribution < -0.4 is 12.4 Å². The van der Waals surface area contributed by atoms with Crippen LogP contribution in [0, 0.1) is 6.92 Å². The molecule has 0 atom stereocenters. The van der Waals surface area contributed by atoms with Gasteiger partial charge in [-0.25, -0.2) is 0 Å². The summed E-state index contributed by atoms with van der Waals surface area (Å²) < 4.78 is 0. The molecule has 0 spiro atoms. The molecule has 0 aliphatic heterocycles. The minimum absolute atomic E-state index is 0. The van der Waals surface area contributed by atoms with Gasteiger partial charge in [-0.05, 0) is 0 Å². The molecule has 0 saturated heterocycles. The molecule has 0 radical (unpaired) electrons. The zero-order valence-electron chi connectivity index (χ0n) is 2.79. The van der Waals surface area contributed by atoms with E-state index >= 15 is 0 Å². The molecule has 0 aliphatic rings. The second kappa shape index (κ2) is 23.9. The summed E-state index contributed by atoms with van der Waals surface area (Å²) in [7, 11) is 0. The summed E-state index contributed by atoms with van der Waals surface area (Å²) in [4.78, 5) is 0. The van der Waals surface area contributed by atoms with Gasteiger partial charge in [0.25, 0.3) is 0 Å². The van der Waals surface area contributed by atoms with Gasteiger partial charge >= 0.3 is 37.7 Å². The molecule has 0 unspecified atom stereocenters. The normalized spacial score (nSPS) is 1.50. The van der Waals surface area contributed by atoms with Crippen LogP contribution in [0.4, 0.5) is 0 Å². The van der Waals surface area contributed by atoms with Gasteiger partial charge < -0.3 is 19.3 Å². The Morgan fingerprint density at radius 2 is 1.25 bits per heavy atom. The number of hydrogen-bond acceptors (Lipinski definition) is 0. The molecular weight excluding hydrogens is 99.6 g/mol. The largest absolute Gasteiger partial charge is 2.00 e. The van der Waals surface area contributed by atoms with Crippen molar-refractivity contribution in [1.29, 1.82) is 0 Å². The molecule has 22 valence electrons. The van der Waals surface area contributed by atoms with Crippen LogP contribution in [0.3, 0.4) is 0 Å². The van der Waals surface area contributed by atoms with E-state index in [1.807, 2.05) is 0 Å². The van der Waals surface area contributed by atoms with Gasteiger partial charge in [0.15, 0.2) is 0 Å². The van der Waals surface area contributed by atoms with Crippen LogP contribution in [-0.4, -0.2) is 37.7 Å². The van der Waals surface area contributed by atoms with Crippen molar-refractivity contribution in [2.24, 2.45) is 0 Å².